The summed E-state index contributed by atoms with van der Waals surface area (Å²) in [5, 5.41) is 12.6. The Labute approximate surface area is 110 Å². The van der Waals surface area contributed by atoms with Gasteiger partial charge in [-0.1, -0.05) is 32.1 Å². The number of aliphatic hydroxyl groups is 1. The average molecular weight is 253 g/mol. The molecule has 104 valence electrons. The van der Waals surface area contributed by atoms with Gasteiger partial charge >= 0.3 is 0 Å². The van der Waals surface area contributed by atoms with E-state index in [2.05, 4.69) is 5.32 Å². The molecule has 2 aliphatic rings. The van der Waals surface area contributed by atoms with Gasteiger partial charge in [0.25, 0.3) is 0 Å². The van der Waals surface area contributed by atoms with Crippen LogP contribution in [0.2, 0.25) is 0 Å². The van der Waals surface area contributed by atoms with E-state index in [1.807, 2.05) is 0 Å². The van der Waals surface area contributed by atoms with Gasteiger partial charge in [0.2, 0.25) is 5.91 Å². The lowest BCUT2D eigenvalue weighted by atomic mass is 9.87. The van der Waals surface area contributed by atoms with Gasteiger partial charge < -0.3 is 10.4 Å². The summed E-state index contributed by atoms with van der Waals surface area (Å²) >= 11 is 0. The van der Waals surface area contributed by atoms with E-state index in [0.29, 0.717) is 12.3 Å². The fourth-order valence-electron chi connectivity index (χ4n) is 3.43. The lowest BCUT2D eigenvalue weighted by Crippen LogP contribution is -2.33. The standard InChI is InChI=1S/C15H27NO2/c17-14-7-3-6-13(10-14)11-16-15(18)9-8-12-4-1-2-5-12/h12-14,17H,1-11H2,(H,16,18). The zero-order valence-electron chi connectivity index (χ0n) is 11.4. The maximum Gasteiger partial charge on any atom is 0.220 e. The third-order valence-corrected chi connectivity index (χ3v) is 4.60. The van der Waals surface area contributed by atoms with Crippen molar-refractivity contribution in [3.8, 4) is 0 Å². The summed E-state index contributed by atoms with van der Waals surface area (Å²) in [5.74, 6) is 1.50. The normalized spacial score (nSPS) is 29.4. The van der Waals surface area contributed by atoms with Gasteiger partial charge in [0, 0.05) is 13.0 Å². The average Bonchev–Trinajstić information content (AvgIpc) is 2.87. The summed E-state index contributed by atoms with van der Waals surface area (Å²) in [6, 6.07) is 0. The molecule has 2 aliphatic carbocycles. The van der Waals surface area contributed by atoms with Crippen LogP contribution >= 0.6 is 0 Å². The Bertz CT molecular complexity index is 261. The minimum Gasteiger partial charge on any atom is -0.393 e. The summed E-state index contributed by atoms with van der Waals surface area (Å²) in [7, 11) is 0. The Balaban J connectivity index is 1.56. The van der Waals surface area contributed by atoms with Crippen molar-refractivity contribution in [1.82, 2.24) is 5.32 Å². The molecule has 2 unspecified atom stereocenters. The van der Waals surface area contributed by atoms with Crippen molar-refractivity contribution in [3.63, 3.8) is 0 Å². The van der Waals surface area contributed by atoms with Crippen LogP contribution in [0.4, 0.5) is 0 Å². The number of hydrogen-bond donors (Lipinski definition) is 2. The smallest absolute Gasteiger partial charge is 0.220 e. The summed E-state index contributed by atoms with van der Waals surface area (Å²) in [6.07, 6.45) is 11.0. The molecule has 0 aromatic rings. The van der Waals surface area contributed by atoms with Crippen molar-refractivity contribution < 1.29 is 9.90 Å². The van der Waals surface area contributed by atoms with Crippen molar-refractivity contribution in [2.24, 2.45) is 11.8 Å². The number of nitrogens with one attached hydrogen (secondary N) is 1. The zero-order chi connectivity index (χ0) is 12.8. The van der Waals surface area contributed by atoms with E-state index >= 15 is 0 Å². The highest BCUT2D eigenvalue weighted by Crippen LogP contribution is 2.28. The number of carbonyl (C=O) groups is 1. The topological polar surface area (TPSA) is 49.3 Å². The molecule has 1 amide bonds. The van der Waals surface area contributed by atoms with Crippen LogP contribution in [0.3, 0.4) is 0 Å². The van der Waals surface area contributed by atoms with E-state index in [1.165, 1.54) is 25.7 Å². The molecule has 0 saturated heterocycles. The molecule has 2 atom stereocenters. The van der Waals surface area contributed by atoms with Crippen LogP contribution < -0.4 is 5.32 Å². The highest BCUT2D eigenvalue weighted by molar-refractivity contribution is 5.75. The van der Waals surface area contributed by atoms with Crippen molar-refractivity contribution in [3.05, 3.63) is 0 Å². The van der Waals surface area contributed by atoms with Crippen LogP contribution in [0.15, 0.2) is 0 Å². The highest BCUT2D eigenvalue weighted by Gasteiger charge is 2.21. The number of aliphatic hydroxyl groups excluding tert-OH is 1. The van der Waals surface area contributed by atoms with Crippen LogP contribution in [-0.2, 0) is 4.79 Å². The molecule has 2 N–H and O–H groups in total. The molecular formula is C15H27NO2. The van der Waals surface area contributed by atoms with Gasteiger partial charge in [0.1, 0.15) is 0 Å². The van der Waals surface area contributed by atoms with Gasteiger partial charge in [0.05, 0.1) is 6.10 Å². The number of amides is 1. The fraction of sp³-hybridized carbons (Fsp3) is 0.933. The third-order valence-electron chi connectivity index (χ3n) is 4.60. The first-order chi connectivity index (χ1) is 8.74. The summed E-state index contributed by atoms with van der Waals surface area (Å²) < 4.78 is 0. The SMILES string of the molecule is O=C(CCC1CCCC1)NCC1CCCC(O)C1. The molecule has 0 aromatic heterocycles. The number of carbonyl (C=O) groups excluding carboxylic acids is 1. The molecule has 0 aliphatic heterocycles. The van der Waals surface area contributed by atoms with Gasteiger partial charge in [-0.15, -0.1) is 0 Å². The van der Waals surface area contributed by atoms with Crippen molar-refractivity contribution >= 4 is 5.91 Å². The first-order valence-corrected chi connectivity index (χ1v) is 7.69. The molecule has 0 heterocycles. The molecule has 2 saturated carbocycles. The molecule has 2 fully saturated rings. The Kier molecular flexibility index (Phi) is 5.48. The predicted molar refractivity (Wildman–Crippen MR) is 72.2 cm³/mol. The van der Waals surface area contributed by atoms with E-state index in [9.17, 15) is 9.90 Å². The minimum atomic E-state index is -0.140. The van der Waals surface area contributed by atoms with Crippen LogP contribution in [-0.4, -0.2) is 23.7 Å². The molecule has 18 heavy (non-hydrogen) atoms. The van der Waals surface area contributed by atoms with E-state index < -0.39 is 0 Å². The maximum absolute atomic E-state index is 11.8. The first kappa shape index (κ1) is 13.9. The Morgan fingerprint density at radius 2 is 1.78 bits per heavy atom. The third kappa shape index (κ3) is 4.60. The largest absolute Gasteiger partial charge is 0.393 e. The molecular weight excluding hydrogens is 226 g/mol. The lowest BCUT2D eigenvalue weighted by molar-refractivity contribution is -0.121. The summed E-state index contributed by atoms with van der Waals surface area (Å²) in [5.41, 5.74) is 0. The van der Waals surface area contributed by atoms with Crippen LogP contribution in [0, 0.1) is 11.8 Å². The molecule has 0 spiro atoms. The molecule has 3 nitrogen and oxygen atoms in total. The van der Waals surface area contributed by atoms with Crippen LogP contribution in [0.5, 0.6) is 0 Å². The van der Waals surface area contributed by atoms with Crippen LogP contribution in [0.25, 0.3) is 0 Å². The van der Waals surface area contributed by atoms with E-state index in [-0.39, 0.29) is 12.0 Å². The summed E-state index contributed by atoms with van der Waals surface area (Å²) in [4.78, 5) is 11.8. The lowest BCUT2D eigenvalue weighted by Gasteiger charge is -2.25. The van der Waals surface area contributed by atoms with Gasteiger partial charge in [-0.05, 0) is 37.5 Å². The van der Waals surface area contributed by atoms with Crippen molar-refractivity contribution in [1.29, 1.82) is 0 Å². The highest BCUT2D eigenvalue weighted by atomic mass is 16.3. The van der Waals surface area contributed by atoms with Gasteiger partial charge in [0.15, 0.2) is 0 Å². The van der Waals surface area contributed by atoms with Crippen LogP contribution in [0.1, 0.15) is 64.2 Å². The van der Waals surface area contributed by atoms with E-state index in [0.717, 1.165) is 44.6 Å². The number of hydrogen-bond acceptors (Lipinski definition) is 2. The quantitative estimate of drug-likeness (QED) is 0.791. The fourth-order valence-corrected chi connectivity index (χ4v) is 3.43. The minimum absolute atomic E-state index is 0.140. The Morgan fingerprint density at radius 3 is 2.50 bits per heavy atom. The zero-order valence-corrected chi connectivity index (χ0v) is 11.4. The molecule has 2 rings (SSSR count). The van der Waals surface area contributed by atoms with Crippen molar-refractivity contribution in [2.45, 2.75) is 70.3 Å². The van der Waals surface area contributed by atoms with E-state index in [1.54, 1.807) is 0 Å². The van der Waals surface area contributed by atoms with Gasteiger partial charge in [-0.3, -0.25) is 4.79 Å². The van der Waals surface area contributed by atoms with Gasteiger partial charge in [-0.25, -0.2) is 0 Å². The van der Waals surface area contributed by atoms with Gasteiger partial charge in [-0.2, -0.15) is 0 Å². The Morgan fingerprint density at radius 1 is 1.06 bits per heavy atom. The molecule has 3 heteroatoms. The van der Waals surface area contributed by atoms with E-state index in [4.69, 9.17) is 0 Å². The van der Waals surface area contributed by atoms with Crippen molar-refractivity contribution in [2.75, 3.05) is 6.54 Å². The molecule has 0 radical (unpaired) electrons. The second-order valence-corrected chi connectivity index (χ2v) is 6.18. The summed E-state index contributed by atoms with van der Waals surface area (Å²) in [6.45, 7) is 0.764. The second-order valence-electron chi connectivity index (χ2n) is 6.18. The maximum atomic E-state index is 11.8. The molecule has 0 bridgehead atoms. The first-order valence-electron chi connectivity index (χ1n) is 7.69. The monoisotopic (exact) mass is 253 g/mol. The Hall–Kier alpha value is -0.570. The molecule has 0 aromatic carbocycles. The second kappa shape index (κ2) is 7.13. The number of rotatable bonds is 5. The predicted octanol–water partition coefficient (Wildman–Crippen LogP) is 2.62.